The first-order chi connectivity index (χ1) is 7.76. The normalized spacial score (nSPS) is 24.8. The lowest BCUT2D eigenvalue weighted by atomic mass is 10.1. The summed E-state index contributed by atoms with van der Waals surface area (Å²) >= 11 is 0. The van der Waals surface area contributed by atoms with Gasteiger partial charge in [0.1, 0.15) is 11.6 Å². The molecule has 0 aromatic rings. The van der Waals surface area contributed by atoms with Gasteiger partial charge in [-0.1, -0.05) is 0 Å². The second kappa shape index (κ2) is 4.91. The van der Waals surface area contributed by atoms with E-state index in [1.165, 1.54) is 12.0 Å². The maximum atomic E-state index is 11.9. The summed E-state index contributed by atoms with van der Waals surface area (Å²) in [5.74, 6) is -0.569. The Hall–Kier alpha value is -1.30. The first kappa shape index (κ1) is 13.8. The van der Waals surface area contributed by atoms with Gasteiger partial charge in [0.25, 0.3) is 0 Å². The number of nitrogens with zero attached hydrogens (tertiary/aromatic N) is 1. The lowest BCUT2D eigenvalue weighted by Crippen LogP contribution is -2.50. The number of hydrogen-bond acceptors (Lipinski definition) is 4. The van der Waals surface area contributed by atoms with E-state index in [4.69, 9.17) is 15.2 Å². The Morgan fingerprint density at radius 2 is 1.94 bits per heavy atom. The van der Waals surface area contributed by atoms with Crippen molar-refractivity contribution in [1.29, 1.82) is 0 Å². The molecule has 0 aromatic carbocycles. The predicted molar refractivity (Wildman–Crippen MR) is 61.3 cm³/mol. The van der Waals surface area contributed by atoms with Crippen LogP contribution in [0.15, 0.2) is 0 Å². The highest BCUT2D eigenvalue weighted by Gasteiger charge is 2.42. The maximum Gasteiger partial charge on any atom is 0.411 e. The molecular weight excluding hydrogens is 224 g/mol. The Morgan fingerprint density at radius 1 is 1.35 bits per heavy atom. The quantitative estimate of drug-likeness (QED) is 0.766. The van der Waals surface area contributed by atoms with Gasteiger partial charge in [-0.3, -0.25) is 9.69 Å². The van der Waals surface area contributed by atoms with E-state index in [0.717, 1.165) is 0 Å². The van der Waals surface area contributed by atoms with Gasteiger partial charge in [0.05, 0.1) is 6.10 Å². The Labute approximate surface area is 101 Å². The summed E-state index contributed by atoms with van der Waals surface area (Å²) in [7, 11) is 1.50. The molecule has 1 heterocycles. The zero-order valence-electron chi connectivity index (χ0n) is 10.7. The predicted octanol–water partition coefficient (Wildman–Crippen LogP) is 0.496. The van der Waals surface area contributed by atoms with E-state index >= 15 is 0 Å². The highest BCUT2D eigenvalue weighted by molar-refractivity contribution is 5.85. The fourth-order valence-corrected chi connectivity index (χ4v) is 1.87. The fraction of sp³-hybridized carbons (Fsp3) is 0.818. The van der Waals surface area contributed by atoms with Crippen LogP contribution in [0.4, 0.5) is 4.79 Å². The minimum atomic E-state index is -0.741. The highest BCUT2D eigenvalue weighted by Crippen LogP contribution is 2.22. The third-order valence-corrected chi connectivity index (χ3v) is 2.56. The second-order valence-electron chi connectivity index (χ2n) is 5.08. The largest absolute Gasteiger partial charge is 0.444 e. The summed E-state index contributed by atoms with van der Waals surface area (Å²) in [6.45, 7) is 5.73. The molecule has 1 saturated heterocycles. The van der Waals surface area contributed by atoms with Gasteiger partial charge >= 0.3 is 6.09 Å². The molecule has 2 atom stereocenters. The molecule has 2 N–H and O–H groups in total. The van der Waals surface area contributed by atoms with Crippen LogP contribution in [0.3, 0.4) is 0 Å². The van der Waals surface area contributed by atoms with Crippen molar-refractivity contribution in [3.63, 3.8) is 0 Å². The third kappa shape index (κ3) is 3.33. The summed E-state index contributed by atoms with van der Waals surface area (Å²) in [5.41, 5.74) is 4.69. The van der Waals surface area contributed by atoms with Crippen molar-refractivity contribution in [2.24, 2.45) is 5.73 Å². The summed E-state index contributed by atoms with van der Waals surface area (Å²) in [5, 5.41) is 0. The maximum absolute atomic E-state index is 11.9. The minimum Gasteiger partial charge on any atom is -0.444 e. The molecular formula is C11H20N2O4. The average molecular weight is 244 g/mol. The van der Waals surface area contributed by atoms with E-state index in [1.807, 2.05) is 0 Å². The molecule has 0 aromatic heterocycles. The first-order valence-electron chi connectivity index (χ1n) is 5.58. The zero-order chi connectivity index (χ0) is 13.2. The van der Waals surface area contributed by atoms with E-state index in [2.05, 4.69) is 0 Å². The molecule has 0 radical (unpaired) electrons. The number of amides is 2. The van der Waals surface area contributed by atoms with Gasteiger partial charge in [-0.05, 0) is 27.2 Å². The van der Waals surface area contributed by atoms with Gasteiger partial charge < -0.3 is 15.2 Å². The summed E-state index contributed by atoms with van der Waals surface area (Å²) in [4.78, 5) is 24.6. The van der Waals surface area contributed by atoms with E-state index < -0.39 is 23.6 Å². The molecule has 0 saturated carbocycles. The van der Waals surface area contributed by atoms with Gasteiger partial charge in [0.15, 0.2) is 0 Å². The smallest absolute Gasteiger partial charge is 0.411 e. The Kier molecular flexibility index (Phi) is 3.98. The van der Waals surface area contributed by atoms with Crippen LogP contribution in [0.2, 0.25) is 0 Å². The molecule has 1 fully saturated rings. The van der Waals surface area contributed by atoms with Gasteiger partial charge in [0, 0.05) is 13.7 Å². The Bertz CT molecular complexity index is 311. The van der Waals surface area contributed by atoms with Crippen molar-refractivity contribution in [3.05, 3.63) is 0 Å². The zero-order valence-corrected chi connectivity index (χ0v) is 10.7. The molecule has 2 amide bonds. The monoisotopic (exact) mass is 244 g/mol. The van der Waals surface area contributed by atoms with Crippen LogP contribution in [0.5, 0.6) is 0 Å². The Morgan fingerprint density at radius 3 is 2.35 bits per heavy atom. The average Bonchev–Trinajstić information content (AvgIpc) is 2.57. The van der Waals surface area contributed by atoms with Crippen molar-refractivity contribution in [1.82, 2.24) is 4.90 Å². The molecule has 6 heteroatoms. The van der Waals surface area contributed by atoms with Crippen LogP contribution < -0.4 is 5.73 Å². The topological polar surface area (TPSA) is 81.9 Å². The number of nitrogens with two attached hydrogens (primary N) is 1. The van der Waals surface area contributed by atoms with Crippen LogP contribution in [0, 0.1) is 0 Å². The molecule has 98 valence electrons. The molecule has 1 aliphatic rings. The van der Waals surface area contributed by atoms with E-state index in [9.17, 15) is 9.59 Å². The first-order valence-corrected chi connectivity index (χ1v) is 5.58. The Balaban J connectivity index is 2.76. The van der Waals surface area contributed by atoms with Crippen molar-refractivity contribution in [2.45, 2.75) is 44.9 Å². The molecule has 6 nitrogen and oxygen atoms in total. The number of rotatable bonds is 2. The number of primary amides is 1. The summed E-state index contributed by atoms with van der Waals surface area (Å²) in [6, 6.07) is -0.741. The van der Waals surface area contributed by atoms with Gasteiger partial charge in [0.2, 0.25) is 5.91 Å². The number of methoxy groups -OCH3 is 1. The number of carbonyl (C=O) groups is 2. The summed E-state index contributed by atoms with van der Waals surface area (Å²) < 4.78 is 10.4. The van der Waals surface area contributed by atoms with E-state index in [-0.39, 0.29) is 6.10 Å². The van der Waals surface area contributed by atoms with Crippen LogP contribution in [-0.2, 0) is 14.3 Å². The summed E-state index contributed by atoms with van der Waals surface area (Å²) in [6.07, 6.45) is -0.288. The van der Waals surface area contributed by atoms with E-state index in [0.29, 0.717) is 13.0 Å². The standard InChI is InChI=1S/C11H20N2O4/c1-11(2,3)17-10(15)13-6-5-7(16-4)8(13)9(12)14/h7-8H,5-6H2,1-4H3,(H2,12,14). The molecule has 1 aliphatic heterocycles. The van der Waals surface area contributed by atoms with Crippen molar-refractivity contribution >= 4 is 12.0 Å². The van der Waals surface area contributed by atoms with Gasteiger partial charge in [-0.25, -0.2) is 4.79 Å². The molecule has 0 aliphatic carbocycles. The lowest BCUT2D eigenvalue weighted by molar-refractivity contribution is -0.125. The number of hydrogen-bond donors (Lipinski definition) is 1. The molecule has 0 bridgehead atoms. The third-order valence-electron chi connectivity index (χ3n) is 2.56. The van der Waals surface area contributed by atoms with Gasteiger partial charge in [-0.2, -0.15) is 0 Å². The lowest BCUT2D eigenvalue weighted by Gasteiger charge is -2.28. The fourth-order valence-electron chi connectivity index (χ4n) is 1.87. The highest BCUT2D eigenvalue weighted by atomic mass is 16.6. The number of carbonyl (C=O) groups excluding carboxylic acids is 2. The minimum absolute atomic E-state index is 0.347. The number of ether oxygens (including phenoxy) is 2. The SMILES string of the molecule is COC1CCN(C(=O)OC(C)(C)C)C1C(N)=O. The van der Waals surface area contributed by atoms with E-state index in [1.54, 1.807) is 20.8 Å². The number of likely N-dealkylation sites (tertiary alicyclic amines) is 1. The molecule has 17 heavy (non-hydrogen) atoms. The van der Waals surface area contributed by atoms with Crippen molar-refractivity contribution < 1.29 is 19.1 Å². The molecule has 1 rings (SSSR count). The van der Waals surface area contributed by atoms with Gasteiger partial charge in [-0.15, -0.1) is 0 Å². The van der Waals surface area contributed by atoms with Crippen molar-refractivity contribution in [3.8, 4) is 0 Å². The van der Waals surface area contributed by atoms with Crippen LogP contribution in [0.25, 0.3) is 0 Å². The molecule has 0 spiro atoms. The second-order valence-corrected chi connectivity index (χ2v) is 5.08. The molecule has 2 unspecified atom stereocenters. The van der Waals surface area contributed by atoms with Crippen molar-refractivity contribution in [2.75, 3.05) is 13.7 Å². The van der Waals surface area contributed by atoms with Crippen LogP contribution in [-0.4, -0.2) is 48.3 Å². The van der Waals surface area contributed by atoms with Crippen LogP contribution in [0.1, 0.15) is 27.2 Å². The van der Waals surface area contributed by atoms with Crippen LogP contribution >= 0.6 is 0 Å².